The van der Waals surface area contributed by atoms with Crippen molar-refractivity contribution in [1.29, 1.82) is 5.26 Å². The molecule has 0 unspecified atom stereocenters. The third kappa shape index (κ3) is 3.89. The molecule has 2 fully saturated rings. The van der Waals surface area contributed by atoms with E-state index in [2.05, 4.69) is 30.7 Å². The number of pyridine rings is 1. The Morgan fingerprint density at radius 3 is 2.44 bits per heavy atom. The van der Waals surface area contributed by atoms with Gasteiger partial charge in [-0.05, 0) is 12.1 Å². The third-order valence-corrected chi connectivity index (χ3v) is 5.05. The topological polar surface area (TPSA) is 81.4 Å². The summed E-state index contributed by atoms with van der Waals surface area (Å²) < 4.78 is 5.41. The van der Waals surface area contributed by atoms with Gasteiger partial charge < -0.3 is 19.4 Å². The maximum Gasteiger partial charge on any atom is 0.227 e. The Morgan fingerprint density at radius 1 is 1.00 bits per heavy atom. The third-order valence-electron chi connectivity index (χ3n) is 4.78. The van der Waals surface area contributed by atoms with Crippen LogP contribution in [0.15, 0.2) is 24.5 Å². The van der Waals surface area contributed by atoms with Crippen LogP contribution in [-0.4, -0.2) is 67.4 Å². The van der Waals surface area contributed by atoms with Gasteiger partial charge in [-0.15, -0.1) is 0 Å². The van der Waals surface area contributed by atoms with Gasteiger partial charge in [0.2, 0.25) is 5.95 Å². The summed E-state index contributed by atoms with van der Waals surface area (Å²) in [4.78, 5) is 20.1. The molecule has 0 radical (unpaired) electrons. The van der Waals surface area contributed by atoms with Crippen molar-refractivity contribution in [2.24, 2.45) is 0 Å². The minimum atomic E-state index is 0.468. The zero-order valence-electron chi connectivity index (χ0n) is 14.9. The van der Waals surface area contributed by atoms with Gasteiger partial charge in [0.05, 0.1) is 23.8 Å². The zero-order chi connectivity index (χ0) is 18.6. The Bertz CT molecular complexity index is 842. The van der Waals surface area contributed by atoms with Crippen LogP contribution in [-0.2, 0) is 4.74 Å². The average molecular weight is 386 g/mol. The average Bonchev–Trinajstić information content (AvgIpc) is 2.74. The first-order valence-corrected chi connectivity index (χ1v) is 9.33. The van der Waals surface area contributed by atoms with Crippen LogP contribution in [0.1, 0.15) is 5.56 Å². The van der Waals surface area contributed by atoms with Crippen LogP contribution in [0.3, 0.4) is 0 Å². The summed E-state index contributed by atoms with van der Waals surface area (Å²) in [5.74, 6) is 2.42. The van der Waals surface area contributed by atoms with Crippen molar-refractivity contribution in [2.75, 3.05) is 67.2 Å². The van der Waals surface area contributed by atoms with E-state index in [1.165, 1.54) is 0 Å². The highest BCUT2D eigenvalue weighted by Gasteiger charge is 2.22. The Morgan fingerprint density at radius 2 is 1.74 bits per heavy atom. The molecule has 27 heavy (non-hydrogen) atoms. The van der Waals surface area contributed by atoms with Crippen molar-refractivity contribution in [3.63, 3.8) is 0 Å². The van der Waals surface area contributed by atoms with E-state index in [-0.39, 0.29) is 0 Å². The molecule has 0 spiro atoms. The molecular formula is C18H20ClN7O. The number of nitrogens with zero attached hydrogens (tertiary/aromatic N) is 7. The van der Waals surface area contributed by atoms with Crippen LogP contribution in [0.4, 0.5) is 17.6 Å². The van der Waals surface area contributed by atoms with Crippen LogP contribution in [0.5, 0.6) is 0 Å². The molecule has 0 bridgehead atoms. The lowest BCUT2D eigenvalue weighted by atomic mass is 10.2. The summed E-state index contributed by atoms with van der Waals surface area (Å²) in [7, 11) is 0. The van der Waals surface area contributed by atoms with Gasteiger partial charge in [0, 0.05) is 51.7 Å². The summed E-state index contributed by atoms with van der Waals surface area (Å²) in [5.41, 5.74) is 0.468. The molecule has 0 aliphatic carbocycles. The second-order valence-corrected chi connectivity index (χ2v) is 6.84. The minimum absolute atomic E-state index is 0.468. The summed E-state index contributed by atoms with van der Waals surface area (Å²) in [6.45, 7) is 6.27. The summed E-state index contributed by atoms with van der Waals surface area (Å²) in [6, 6.07) is 5.66. The van der Waals surface area contributed by atoms with E-state index in [4.69, 9.17) is 26.6 Å². The highest BCUT2D eigenvalue weighted by Crippen LogP contribution is 2.26. The SMILES string of the molecule is N#Cc1cnc(N2CCN(c3nccc(N4CCOCC4)n3)CC2)c(Cl)c1. The Balaban J connectivity index is 1.43. The lowest BCUT2D eigenvalue weighted by molar-refractivity contribution is 0.122. The number of anilines is 3. The lowest BCUT2D eigenvalue weighted by Gasteiger charge is -2.36. The molecule has 0 atom stereocenters. The van der Waals surface area contributed by atoms with Crippen molar-refractivity contribution in [3.05, 3.63) is 35.1 Å². The van der Waals surface area contributed by atoms with Crippen molar-refractivity contribution in [3.8, 4) is 6.07 Å². The largest absolute Gasteiger partial charge is 0.378 e. The van der Waals surface area contributed by atoms with E-state index in [1.54, 1.807) is 12.3 Å². The normalized spacial score (nSPS) is 17.7. The van der Waals surface area contributed by atoms with Crippen molar-refractivity contribution in [2.45, 2.75) is 0 Å². The highest BCUT2D eigenvalue weighted by atomic mass is 35.5. The van der Waals surface area contributed by atoms with Crippen LogP contribution >= 0.6 is 11.6 Å². The summed E-state index contributed by atoms with van der Waals surface area (Å²) >= 11 is 6.29. The number of hydrogen-bond donors (Lipinski definition) is 0. The fraction of sp³-hybridized carbons (Fsp3) is 0.444. The molecule has 2 aromatic rings. The zero-order valence-corrected chi connectivity index (χ0v) is 15.6. The van der Waals surface area contributed by atoms with Gasteiger partial charge in [0.15, 0.2) is 0 Å². The molecule has 140 valence electrons. The van der Waals surface area contributed by atoms with Crippen molar-refractivity contribution < 1.29 is 4.74 Å². The Labute approximate surface area is 163 Å². The molecule has 2 aliphatic heterocycles. The smallest absolute Gasteiger partial charge is 0.227 e. The van der Waals surface area contributed by atoms with E-state index in [1.807, 2.05) is 12.3 Å². The molecule has 0 amide bonds. The molecule has 8 nitrogen and oxygen atoms in total. The predicted molar refractivity (Wildman–Crippen MR) is 103 cm³/mol. The van der Waals surface area contributed by atoms with Crippen LogP contribution < -0.4 is 14.7 Å². The molecule has 9 heteroatoms. The number of aromatic nitrogens is 3. The highest BCUT2D eigenvalue weighted by molar-refractivity contribution is 6.33. The first kappa shape index (κ1) is 17.8. The second kappa shape index (κ2) is 7.94. The molecule has 2 aromatic heterocycles. The molecule has 0 saturated carbocycles. The molecule has 4 heterocycles. The number of nitriles is 1. The van der Waals surface area contributed by atoms with Crippen LogP contribution in [0, 0.1) is 11.3 Å². The Kier molecular flexibility index (Phi) is 5.23. The van der Waals surface area contributed by atoms with E-state index in [0.717, 1.165) is 70.1 Å². The number of morpholine rings is 1. The Hall–Kier alpha value is -2.63. The monoisotopic (exact) mass is 385 g/mol. The van der Waals surface area contributed by atoms with Crippen molar-refractivity contribution in [1.82, 2.24) is 15.0 Å². The molecular weight excluding hydrogens is 366 g/mol. The van der Waals surface area contributed by atoms with E-state index in [9.17, 15) is 0 Å². The first-order chi connectivity index (χ1) is 13.2. The number of halogens is 1. The maximum absolute atomic E-state index is 8.95. The minimum Gasteiger partial charge on any atom is -0.378 e. The molecule has 4 rings (SSSR count). The van der Waals surface area contributed by atoms with Gasteiger partial charge in [0.25, 0.3) is 0 Å². The molecule has 2 saturated heterocycles. The van der Waals surface area contributed by atoms with Crippen molar-refractivity contribution >= 4 is 29.2 Å². The van der Waals surface area contributed by atoms with Gasteiger partial charge in [-0.25, -0.2) is 9.97 Å². The van der Waals surface area contributed by atoms with E-state index in [0.29, 0.717) is 10.6 Å². The summed E-state index contributed by atoms with van der Waals surface area (Å²) in [6.07, 6.45) is 3.38. The quantitative estimate of drug-likeness (QED) is 0.787. The van der Waals surface area contributed by atoms with Gasteiger partial charge in [0.1, 0.15) is 17.7 Å². The summed E-state index contributed by atoms with van der Waals surface area (Å²) in [5, 5.41) is 9.45. The van der Waals surface area contributed by atoms with Gasteiger partial charge in [-0.2, -0.15) is 10.2 Å². The molecule has 0 aromatic carbocycles. The van der Waals surface area contributed by atoms with Gasteiger partial charge in [-0.3, -0.25) is 0 Å². The van der Waals surface area contributed by atoms with Gasteiger partial charge >= 0.3 is 0 Å². The fourth-order valence-corrected chi connectivity index (χ4v) is 3.59. The van der Waals surface area contributed by atoms with Crippen LogP contribution in [0.2, 0.25) is 5.02 Å². The maximum atomic E-state index is 8.95. The number of piperazine rings is 1. The van der Waals surface area contributed by atoms with Crippen LogP contribution in [0.25, 0.3) is 0 Å². The first-order valence-electron chi connectivity index (χ1n) is 8.96. The fourth-order valence-electron chi connectivity index (χ4n) is 3.30. The second-order valence-electron chi connectivity index (χ2n) is 6.43. The van der Waals surface area contributed by atoms with E-state index >= 15 is 0 Å². The lowest BCUT2D eigenvalue weighted by Crippen LogP contribution is -2.47. The van der Waals surface area contributed by atoms with E-state index < -0.39 is 0 Å². The number of rotatable bonds is 3. The predicted octanol–water partition coefficient (Wildman–Crippen LogP) is 1.56. The molecule has 0 N–H and O–H groups in total. The van der Waals surface area contributed by atoms with Gasteiger partial charge in [-0.1, -0.05) is 11.6 Å². The standard InChI is InChI=1S/C18H20ClN7O/c19-15-11-14(12-20)13-22-17(15)25-3-5-26(6-4-25)18-21-2-1-16(23-18)24-7-9-27-10-8-24/h1-2,11,13H,3-10H2. The molecule has 2 aliphatic rings. The number of hydrogen-bond acceptors (Lipinski definition) is 8. The number of ether oxygens (including phenoxy) is 1.